The van der Waals surface area contributed by atoms with Crippen LogP contribution in [0.1, 0.15) is 17.3 Å². The predicted octanol–water partition coefficient (Wildman–Crippen LogP) is 1.65. The van der Waals surface area contributed by atoms with E-state index in [1.165, 1.54) is 32.2 Å². The smallest absolute Gasteiger partial charge is 0.331 e. The van der Waals surface area contributed by atoms with E-state index in [-0.39, 0.29) is 10.6 Å². The first kappa shape index (κ1) is 15.8. The van der Waals surface area contributed by atoms with Gasteiger partial charge in [-0.25, -0.2) is 4.79 Å². The molecule has 0 radical (unpaired) electrons. The van der Waals surface area contributed by atoms with Crippen molar-refractivity contribution in [3.05, 3.63) is 33.8 Å². The minimum absolute atomic E-state index is 0.152. The number of amides is 1. The van der Waals surface area contributed by atoms with Crippen LogP contribution in [0.25, 0.3) is 0 Å². The van der Waals surface area contributed by atoms with Gasteiger partial charge in [-0.15, -0.1) is 0 Å². The van der Waals surface area contributed by atoms with Crippen molar-refractivity contribution in [1.82, 2.24) is 5.32 Å². The van der Waals surface area contributed by atoms with Crippen molar-refractivity contribution >= 4 is 35.1 Å². The minimum Gasteiger partial charge on any atom is -0.467 e. The maximum Gasteiger partial charge on any atom is 0.331 e. The van der Waals surface area contributed by atoms with Gasteiger partial charge in [-0.1, -0.05) is 23.2 Å². The SMILES string of the molecule is COC(=O)C(NC(=O)c1ccc(Cl)cc1Cl)C(C)O. The van der Waals surface area contributed by atoms with Crippen molar-refractivity contribution in [2.75, 3.05) is 7.11 Å². The predicted molar refractivity (Wildman–Crippen MR) is 71.4 cm³/mol. The van der Waals surface area contributed by atoms with Gasteiger partial charge in [0.15, 0.2) is 6.04 Å². The molecule has 0 spiro atoms. The van der Waals surface area contributed by atoms with Crippen LogP contribution in [-0.4, -0.2) is 36.2 Å². The third-order valence-corrected chi connectivity index (χ3v) is 2.95. The van der Waals surface area contributed by atoms with Gasteiger partial charge in [0.05, 0.1) is 23.8 Å². The Morgan fingerprint density at radius 1 is 1.37 bits per heavy atom. The number of hydrogen-bond donors (Lipinski definition) is 2. The first-order chi connectivity index (χ1) is 8.86. The molecule has 0 aliphatic carbocycles. The molecule has 0 heterocycles. The summed E-state index contributed by atoms with van der Waals surface area (Å²) in [5.74, 6) is -1.34. The highest BCUT2D eigenvalue weighted by Gasteiger charge is 2.27. The number of rotatable bonds is 4. The molecule has 2 N–H and O–H groups in total. The number of esters is 1. The molecule has 104 valence electrons. The highest BCUT2D eigenvalue weighted by atomic mass is 35.5. The average molecular weight is 306 g/mol. The maximum absolute atomic E-state index is 12.0. The Balaban J connectivity index is 2.91. The fraction of sp³-hybridized carbons (Fsp3) is 0.333. The zero-order valence-corrected chi connectivity index (χ0v) is 11.8. The first-order valence-corrected chi connectivity index (χ1v) is 6.14. The van der Waals surface area contributed by atoms with Gasteiger partial charge in [0.1, 0.15) is 0 Å². The van der Waals surface area contributed by atoms with Crippen LogP contribution in [0.4, 0.5) is 0 Å². The fourth-order valence-electron chi connectivity index (χ4n) is 1.40. The summed E-state index contributed by atoms with van der Waals surface area (Å²) in [6.45, 7) is 1.37. The normalized spacial score (nSPS) is 13.5. The zero-order valence-electron chi connectivity index (χ0n) is 10.3. The third kappa shape index (κ3) is 4.09. The van der Waals surface area contributed by atoms with Crippen molar-refractivity contribution in [1.29, 1.82) is 0 Å². The van der Waals surface area contributed by atoms with Crippen molar-refractivity contribution in [2.45, 2.75) is 19.1 Å². The van der Waals surface area contributed by atoms with Crippen LogP contribution >= 0.6 is 23.2 Å². The standard InChI is InChI=1S/C12H13Cl2NO4/c1-6(16)10(12(18)19-2)15-11(17)8-4-3-7(13)5-9(8)14/h3-6,10,16H,1-2H3,(H,15,17). The molecule has 1 aromatic rings. The van der Waals surface area contributed by atoms with Crippen LogP contribution in [0.3, 0.4) is 0 Å². The second kappa shape index (κ2) is 6.75. The van der Waals surface area contributed by atoms with Crippen LogP contribution < -0.4 is 5.32 Å². The van der Waals surface area contributed by atoms with Gasteiger partial charge in [-0.2, -0.15) is 0 Å². The summed E-state index contributed by atoms with van der Waals surface area (Å²) in [7, 11) is 1.17. The Morgan fingerprint density at radius 3 is 2.47 bits per heavy atom. The minimum atomic E-state index is -1.16. The van der Waals surface area contributed by atoms with Gasteiger partial charge < -0.3 is 15.2 Å². The lowest BCUT2D eigenvalue weighted by molar-refractivity contribution is -0.145. The number of halogens is 2. The van der Waals surface area contributed by atoms with E-state index < -0.39 is 24.0 Å². The number of aliphatic hydroxyl groups is 1. The maximum atomic E-state index is 12.0. The van der Waals surface area contributed by atoms with Crippen molar-refractivity contribution in [3.8, 4) is 0 Å². The third-order valence-electron chi connectivity index (χ3n) is 2.40. The molecule has 0 fully saturated rings. The summed E-state index contributed by atoms with van der Waals surface area (Å²) in [6.07, 6.45) is -1.09. The summed E-state index contributed by atoms with van der Waals surface area (Å²) in [6, 6.07) is 3.17. The molecule has 2 atom stereocenters. The van der Waals surface area contributed by atoms with E-state index >= 15 is 0 Å². The Labute approximate surface area is 120 Å². The van der Waals surface area contributed by atoms with Crippen molar-refractivity contribution in [3.63, 3.8) is 0 Å². The van der Waals surface area contributed by atoms with E-state index in [4.69, 9.17) is 23.2 Å². The second-order valence-corrected chi connectivity index (χ2v) is 4.68. The monoisotopic (exact) mass is 305 g/mol. The van der Waals surface area contributed by atoms with Crippen LogP contribution in [0.5, 0.6) is 0 Å². The molecule has 0 aliphatic heterocycles. The Kier molecular flexibility index (Phi) is 5.60. The van der Waals surface area contributed by atoms with Gasteiger partial charge in [-0.05, 0) is 25.1 Å². The van der Waals surface area contributed by atoms with E-state index in [1.807, 2.05) is 0 Å². The number of benzene rings is 1. The molecule has 0 aromatic heterocycles. The first-order valence-electron chi connectivity index (χ1n) is 5.38. The average Bonchev–Trinajstić information content (AvgIpc) is 2.34. The number of carbonyl (C=O) groups is 2. The van der Waals surface area contributed by atoms with Crippen LogP contribution in [0, 0.1) is 0 Å². The quantitative estimate of drug-likeness (QED) is 0.829. The summed E-state index contributed by atoms with van der Waals surface area (Å²) in [5.41, 5.74) is 0.153. The Hall–Kier alpha value is -1.30. The van der Waals surface area contributed by atoms with Gasteiger partial charge in [0.25, 0.3) is 5.91 Å². The molecule has 0 bridgehead atoms. The van der Waals surface area contributed by atoms with Crippen LogP contribution in [-0.2, 0) is 9.53 Å². The molecule has 0 saturated carbocycles. The lowest BCUT2D eigenvalue weighted by Gasteiger charge is -2.19. The van der Waals surface area contributed by atoms with E-state index in [2.05, 4.69) is 10.1 Å². The molecule has 1 rings (SSSR count). The largest absolute Gasteiger partial charge is 0.467 e. The van der Waals surface area contributed by atoms with E-state index in [0.29, 0.717) is 5.02 Å². The van der Waals surface area contributed by atoms with E-state index in [0.717, 1.165) is 0 Å². The molecule has 5 nitrogen and oxygen atoms in total. The lowest BCUT2D eigenvalue weighted by atomic mass is 10.1. The molecule has 1 amide bonds. The van der Waals surface area contributed by atoms with Crippen LogP contribution in [0.2, 0.25) is 10.0 Å². The highest BCUT2D eigenvalue weighted by molar-refractivity contribution is 6.36. The zero-order chi connectivity index (χ0) is 14.6. The number of carbonyl (C=O) groups excluding carboxylic acids is 2. The van der Waals surface area contributed by atoms with Crippen molar-refractivity contribution in [2.24, 2.45) is 0 Å². The highest BCUT2D eigenvalue weighted by Crippen LogP contribution is 2.21. The molecule has 2 unspecified atom stereocenters. The van der Waals surface area contributed by atoms with E-state index in [9.17, 15) is 14.7 Å². The van der Waals surface area contributed by atoms with Gasteiger partial charge in [0.2, 0.25) is 0 Å². The van der Waals surface area contributed by atoms with Gasteiger partial charge >= 0.3 is 5.97 Å². The van der Waals surface area contributed by atoms with E-state index in [1.54, 1.807) is 0 Å². The molecular weight excluding hydrogens is 293 g/mol. The summed E-state index contributed by atoms with van der Waals surface area (Å²) < 4.78 is 4.49. The fourth-order valence-corrected chi connectivity index (χ4v) is 1.89. The molecule has 1 aromatic carbocycles. The number of nitrogens with one attached hydrogen (secondary N) is 1. The summed E-state index contributed by atoms with van der Waals surface area (Å²) in [5, 5.41) is 12.3. The van der Waals surface area contributed by atoms with Crippen molar-refractivity contribution < 1.29 is 19.4 Å². The van der Waals surface area contributed by atoms with Crippen LogP contribution in [0.15, 0.2) is 18.2 Å². The topological polar surface area (TPSA) is 75.6 Å². The lowest BCUT2D eigenvalue weighted by Crippen LogP contribution is -2.48. The van der Waals surface area contributed by atoms with Gasteiger partial charge in [-0.3, -0.25) is 4.79 Å². The Morgan fingerprint density at radius 2 is 2.00 bits per heavy atom. The molecule has 7 heteroatoms. The molecule has 19 heavy (non-hydrogen) atoms. The van der Waals surface area contributed by atoms with Gasteiger partial charge in [0, 0.05) is 5.02 Å². The molecule has 0 aliphatic rings. The Bertz CT molecular complexity index is 491. The molecular formula is C12H13Cl2NO4. The summed E-state index contributed by atoms with van der Waals surface area (Å²) >= 11 is 11.6. The second-order valence-electron chi connectivity index (χ2n) is 3.84. The number of hydrogen-bond acceptors (Lipinski definition) is 4. The number of ether oxygens (including phenoxy) is 1. The number of methoxy groups -OCH3 is 1. The molecule has 0 saturated heterocycles. The summed E-state index contributed by atoms with van der Waals surface area (Å²) in [4.78, 5) is 23.4. The number of aliphatic hydroxyl groups excluding tert-OH is 1.